The first kappa shape index (κ1) is 20.3. The second-order valence-electron chi connectivity index (χ2n) is 7.22. The van der Waals surface area contributed by atoms with E-state index in [1.807, 2.05) is 54.6 Å². The van der Waals surface area contributed by atoms with Gasteiger partial charge in [0.15, 0.2) is 17.5 Å². The van der Waals surface area contributed by atoms with Gasteiger partial charge in [0.2, 0.25) is 0 Å². The molecule has 1 aliphatic heterocycles. The summed E-state index contributed by atoms with van der Waals surface area (Å²) in [6.45, 7) is 0. The maximum Gasteiger partial charge on any atom is 0.164 e. The Labute approximate surface area is 181 Å². The van der Waals surface area contributed by atoms with Gasteiger partial charge >= 0.3 is 0 Å². The van der Waals surface area contributed by atoms with Gasteiger partial charge < -0.3 is 14.6 Å². The van der Waals surface area contributed by atoms with Crippen molar-refractivity contribution in [2.24, 2.45) is 5.10 Å². The van der Waals surface area contributed by atoms with Crippen LogP contribution in [0.4, 0.5) is 0 Å². The van der Waals surface area contributed by atoms with Crippen LogP contribution in [0.1, 0.15) is 35.2 Å². The average Bonchev–Trinajstić information content (AvgIpc) is 3.26. The Morgan fingerprint density at radius 2 is 1.74 bits per heavy atom. The second kappa shape index (κ2) is 8.80. The molecule has 3 aromatic rings. The molecular weight excluding hydrogens is 390 g/mol. The number of nitrogens with zero attached hydrogens (tertiary/aromatic N) is 3. The van der Waals surface area contributed by atoms with E-state index in [9.17, 15) is 10.4 Å². The van der Waals surface area contributed by atoms with Gasteiger partial charge in [0.1, 0.15) is 5.75 Å². The van der Waals surface area contributed by atoms with Gasteiger partial charge in [0.05, 0.1) is 32.0 Å². The lowest BCUT2D eigenvalue weighted by atomic mass is 9.96. The molecule has 3 aromatic carbocycles. The van der Waals surface area contributed by atoms with Crippen molar-refractivity contribution >= 4 is 5.71 Å². The summed E-state index contributed by atoms with van der Waals surface area (Å²) in [4.78, 5) is 0. The first-order valence-corrected chi connectivity index (χ1v) is 9.97. The quantitative estimate of drug-likeness (QED) is 0.627. The maximum absolute atomic E-state index is 10.7. The molecule has 0 spiro atoms. The maximum atomic E-state index is 10.7. The second-order valence-corrected chi connectivity index (χ2v) is 7.22. The number of hydrogen-bond donors (Lipinski definition) is 1. The Kier molecular flexibility index (Phi) is 5.76. The summed E-state index contributed by atoms with van der Waals surface area (Å²) in [5.74, 6) is 1.05. The van der Waals surface area contributed by atoms with Crippen molar-refractivity contribution in [3.05, 3.63) is 89.5 Å². The molecule has 0 saturated carbocycles. The van der Waals surface area contributed by atoms with Crippen LogP contribution < -0.4 is 9.47 Å². The van der Waals surface area contributed by atoms with Crippen LogP contribution in [0.5, 0.6) is 17.2 Å². The number of hydrogen-bond acceptors (Lipinski definition) is 6. The minimum absolute atomic E-state index is 0.0449. The third-order valence-electron chi connectivity index (χ3n) is 5.48. The standard InChI is InChI=1S/C25H23N3O3/c1-30-19-13-11-17(12-14-19)21-15-22(18-7-4-3-5-8-18)28(27-21)23(16-26)20-9-6-10-24(31-2)25(20)29/h3-14,22-23,29H,15H2,1-2H3/t22-,23+/m1/s1. The molecule has 1 heterocycles. The fourth-order valence-corrected chi connectivity index (χ4v) is 3.86. The Hall–Kier alpha value is -3.98. The zero-order valence-corrected chi connectivity index (χ0v) is 17.4. The summed E-state index contributed by atoms with van der Waals surface area (Å²) in [5.41, 5.74) is 3.36. The summed E-state index contributed by atoms with van der Waals surface area (Å²) in [5, 5.41) is 27.4. The number of para-hydroxylation sites is 1. The van der Waals surface area contributed by atoms with Crippen LogP contribution in [0.15, 0.2) is 77.9 Å². The van der Waals surface area contributed by atoms with Gasteiger partial charge in [-0.25, -0.2) is 0 Å². The van der Waals surface area contributed by atoms with Gasteiger partial charge in [0.25, 0.3) is 0 Å². The Morgan fingerprint density at radius 1 is 1.00 bits per heavy atom. The van der Waals surface area contributed by atoms with Crippen LogP contribution in [0.3, 0.4) is 0 Å². The number of nitriles is 1. The highest BCUT2D eigenvalue weighted by atomic mass is 16.5. The predicted octanol–water partition coefficient (Wildman–Crippen LogP) is 4.83. The topological polar surface area (TPSA) is 78.1 Å². The summed E-state index contributed by atoms with van der Waals surface area (Å²) in [6.07, 6.45) is 0.638. The molecule has 6 nitrogen and oxygen atoms in total. The van der Waals surface area contributed by atoms with Crippen LogP contribution in [0.25, 0.3) is 0 Å². The molecule has 4 rings (SSSR count). The van der Waals surface area contributed by atoms with Crippen molar-refractivity contribution in [2.75, 3.05) is 14.2 Å². The minimum atomic E-state index is -0.781. The fourth-order valence-electron chi connectivity index (χ4n) is 3.86. The number of rotatable bonds is 6. The lowest BCUT2D eigenvalue weighted by molar-refractivity contribution is 0.193. The van der Waals surface area contributed by atoms with E-state index >= 15 is 0 Å². The molecule has 2 atom stereocenters. The summed E-state index contributed by atoms with van der Waals surface area (Å²) in [7, 11) is 3.12. The molecule has 1 N–H and O–H groups in total. The summed E-state index contributed by atoms with van der Waals surface area (Å²) < 4.78 is 10.5. The van der Waals surface area contributed by atoms with Crippen molar-refractivity contribution < 1.29 is 14.6 Å². The minimum Gasteiger partial charge on any atom is -0.504 e. The molecule has 156 valence electrons. The van der Waals surface area contributed by atoms with Crippen molar-refractivity contribution in [1.82, 2.24) is 5.01 Å². The molecule has 0 saturated heterocycles. The van der Waals surface area contributed by atoms with E-state index in [0.717, 1.165) is 22.6 Å². The molecule has 6 heteroatoms. The van der Waals surface area contributed by atoms with Crippen LogP contribution in [-0.2, 0) is 0 Å². The van der Waals surface area contributed by atoms with Gasteiger partial charge in [-0.2, -0.15) is 10.4 Å². The molecule has 1 aliphatic rings. The Balaban J connectivity index is 1.78. The molecule has 0 aliphatic carbocycles. The van der Waals surface area contributed by atoms with E-state index in [2.05, 4.69) is 6.07 Å². The number of ether oxygens (including phenoxy) is 2. The predicted molar refractivity (Wildman–Crippen MR) is 118 cm³/mol. The molecular formula is C25H23N3O3. The zero-order chi connectivity index (χ0) is 21.8. The molecule has 0 radical (unpaired) electrons. The highest BCUT2D eigenvalue weighted by Crippen LogP contribution is 2.43. The van der Waals surface area contributed by atoms with Gasteiger partial charge in [-0.05, 0) is 41.5 Å². The summed E-state index contributed by atoms with van der Waals surface area (Å²) in [6, 6.07) is 24.3. The van der Waals surface area contributed by atoms with Gasteiger partial charge in [-0.15, -0.1) is 0 Å². The van der Waals surface area contributed by atoms with E-state index in [1.54, 1.807) is 30.3 Å². The van der Waals surface area contributed by atoms with E-state index < -0.39 is 6.04 Å². The number of phenolic OH excluding ortho intramolecular Hbond substituents is 1. The molecule has 0 fully saturated rings. The van der Waals surface area contributed by atoms with Crippen molar-refractivity contribution in [3.63, 3.8) is 0 Å². The lowest BCUT2D eigenvalue weighted by Crippen LogP contribution is -2.24. The lowest BCUT2D eigenvalue weighted by Gasteiger charge is -2.29. The van der Waals surface area contributed by atoms with Crippen molar-refractivity contribution in [1.29, 1.82) is 5.26 Å². The van der Waals surface area contributed by atoms with Gasteiger partial charge in [-0.1, -0.05) is 42.5 Å². The normalized spacial score (nSPS) is 16.4. The monoisotopic (exact) mass is 413 g/mol. The smallest absolute Gasteiger partial charge is 0.164 e. The Bertz CT molecular complexity index is 1120. The molecule has 31 heavy (non-hydrogen) atoms. The molecule has 0 aromatic heterocycles. The first-order chi connectivity index (χ1) is 15.2. The van der Waals surface area contributed by atoms with E-state index in [0.29, 0.717) is 17.7 Å². The number of benzene rings is 3. The van der Waals surface area contributed by atoms with Crippen LogP contribution in [-0.4, -0.2) is 30.0 Å². The van der Waals surface area contributed by atoms with Crippen molar-refractivity contribution in [2.45, 2.75) is 18.5 Å². The highest BCUT2D eigenvalue weighted by molar-refractivity contribution is 6.02. The van der Waals surface area contributed by atoms with E-state index in [1.165, 1.54) is 7.11 Å². The highest BCUT2D eigenvalue weighted by Gasteiger charge is 2.36. The van der Waals surface area contributed by atoms with E-state index in [4.69, 9.17) is 14.6 Å². The van der Waals surface area contributed by atoms with Crippen LogP contribution in [0.2, 0.25) is 0 Å². The number of methoxy groups -OCH3 is 2. The number of phenols is 1. The molecule has 0 unspecified atom stereocenters. The SMILES string of the molecule is COc1ccc(C2=NN([C@@H](C#N)c3cccc(OC)c3O)[C@@H](c3ccccc3)C2)cc1. The fraction of sp³-hybridized carbons (Fsp3) is 0.200. The summed E-state index contributed by atoms with van der Waals surface area (Å²) >= 11 is 0. The zero-order valence-electron chi connectivity index (χ0n) is 17.4. The number of aromatic hydroxyl groups is 1. The molecule has 0 bridgehead atoms. The third kappa shape index (κ3) is 3.90. The first-order valence-electron chi connectivity index (χ1n) is 9.97. The number of hydrazone groups is 1. The Morgan fingerprint density at radius 3 is 2.39 bits per heavy atom. The average molecular weight is 413 g/mol. The third-order valence-corrected chi connectivity index (χ3v) is 5.48. The van der Waals surface area contributed by atoms with Crippen LogP contribution in [0, 0.1) is 11.3 Å². The van der Waals surface area contributed by atoms with Crippen LogP contribution >= 0.6 is 0 Å². The largest absolute Gasteiger partial charge is 0.504 e. The van der Waals surface area contributed by atoms with Gasteiger partial charge in [0, 0.05) is 12.0 Å². The van der Waals surface area contributed by atoms with E-state index in [-0.39, 0.29) is 11.8 Å². The van der Waals surface area contributed by atoms with Crippen molar-refractivity contribution in [3.8, 4) is 23.3 Å². The van der Waals surface area contributed by atoms with Gasteiger partial charge in [-0.3, -0.25) is 5.01 Å². The molecule has 0 amide bonds.